The minimum absolute atomic E-state index is 0.0158. The number of likely N-dealkylation sites (N-methyl/N-ethyl adjacent to an activating group) is 4. The van der Waals surface area contributed by atoms with Crippen molar-refractivity contribution in [3.05, 3.63) is 47.5 Å². The standard InChI is InChI=1S/C35H54N8O7/c1-36-12-6-7-26(32(47)40-14-13-37-2)41-34(49)29-18-24-16-22(9-11-31(24)46)21-8-10-30(45)23(15-21)17-27(39-4)33(48)42-28(35(50)43(29)5)19-25(44)20-38-3/h8-11,15-16,25-29,36-39,44-46H,6-7,12-14,17-20H2,1-5H3,(H,40,47)(H,41,49)(H,42,48)/t25-,26+,27+,28+,29+/m1/s1. The van der Waals surface area contributed by atoms with Crippen LogP contribution in [0.3, 0.4) is 0 Å². The Morgan fingerprint density at radius 3 is 2.10 bits per heavy atom. The van der Waals surface area contributed by atoms with Gasteiger partial charge in [0, 0.05) is 45.9 Å². The fraction of sp³-hybridized carbons (Fsp3) is 0.543. The molecule has 0 fully saturated rings. The number of fused-ring (bicyclic) bond motifs is 5. The molecule has 2 aromatic carbocycles. The fourth-order valence-corrected chi connectivity index (χ4v) is 5.95. The van der Waals surface area contributed by atoms with Crippen molar-refractivity contribution in [1.82, 2.24) is 42.1 Å². The maximum Gasteiger partial charge on any atom is 0.245 e. The first-order chi connectivity index (χ1) is 23.9. The molecule has 2 aromatic rings. The first-order valence-electron chi connectivity index (χ1n) is 17.0. The normalized spacial score (nSPS) is 19.5. The van der Waals surface area contributed by atoms with Crippen molar-refractivity contribution in [1.29, 1.82) is 0 Å². The number of carbonyl (C=O) groups is 4. The maximum absolute atomic E-state index is 14.3. The molecule has 0 aromatic heterocycles. The number of carbonyl (C=O) groups excluding carboxylic acids is 4. The quantitative estimate of drug-likeness (QED) is 0.0972. The van der Waals surface area contributed by atoms with Crippen molar-refractivity contribution in [3.8, 4) is 22.6 Å². The summed E-state index contributed by atoms with van der Waals surface area (Å²) in [6, 6.07) is 5.65. The summed E-state index contributed by atoms with van der Waals surface area (Å²) in [6.07, 6.45) is -0.331. The van der Waals surface area contributed by atoms with E-state index in [1.165, 1.54) is 24.1 Å². The molecule has 3 rings (SSSR count). The maximum atomic E-state index is 14.3. The van der Waals surface area contributed by atoms with Gasteiger partial charge in [0.2, 0.25) is 23.6 Å². The third kappa shape index (κ3) is 11.1. The Morgan fingerprint density at radius 1 is 0.900 bits per heavy atom. The first kappa shape index (κ1) is 40.2. The monoisotopic (exact) mass is 698 g/mol. The van der Waals surface area contributed by atoms with Crippen molar-refractivity contribution in [2.45, 2.75) is 62.4 Å². The Bertz CT molecular complexity index is 1460. The lowest BCUT2D eigenvalue weighted by Crippen LogP contribution is -2.59. The molecule has 10 N–H and O–H groups in total. The van der Waals surface area contributed by atoms with Crippen LogP contribution in [-0.4, -0.2) is 136 Å². The van der Waals surface area contributed by atoms with E-state index in [4.69, 9.17) is 0 Å². The van der Waals surface area contributed by atoms with E-state index < -0.39 is 48.0 Å². The van der Waals surface area contributed by atoms with Crippen LogP contribution in [0.2, 0.25) is 0 Å². The molecule has 0 radical (unpaired) electrons. The molecule has 0 aliphatic carbocycles. The molecule has 0 unspecified atom stereocenters. The molecule has 15 nitrogen and oxygen atoms in total. The number of hydrogen-bond donors (Lipinski definition) is 10. The number of benzene rings is 2. The van der Waals surface area contributed by atoms with Crippen LogP contribution in [0.15, 0.2) is 36.4 Å². The van der Waals surface area contributed by atoms with Crippen LogP contribution in [0.4, 0.5) is 0 Å². The molecular formula is C35H54N8O7. The number of nitrogens with zero attached hydrogens (tertiary/aromatic N) is 1. The second-order valence-electron chi connectivity index (χ2n) is 12.6. The van der Waals surface area contributed by atoms with Gasteiger partial charge >= 0.3 is 0 Å². The predicted octanol–water partition coefficient (Wildman–Crippen LogP) is -1.45. The van der Waals surface area contributed by atoms with E-state index in [-0.39, 0.29) is 43.2 Å². The van der Waals surface area contributed by atoms with E-state index in [0.29, 0.717) is 54.7 Å². The van der Waals surface area contributed by atoms with Crippen molar-refractivity contribution in [3.63, 3.8) is 0 Å². The minimum Gasteiger partial charge on any atom is -0.508 e. The number of amides is 4. The number of rotatable bonds is 15. The average Bonchev–Trinajstić information content (AvgIpc) is 3.09. The van der Waals surface area contributed by atoms with Crippen LogP contribution in [-0.2, 0) is 32.0 Å². The summed E-state index contributed by atoms with van der Waals surface area (Å²) in [7, 11) is 8.21. The van der Waals surface area contributed by atoms with Crippen molar-refractivity contribution < 1.29 is 34.5 Å². The van der Waals surface area contributed by atoms with Gasteiger partial charge in [-0.3, -0.25) is 19.2 Å². The number of aromatic hydroxyl groups is 2. The van der Waals surface area contributed by atoms with Crippen LogP contribution in [0.1, 0.15) is 30.4 Å². The van der Waals surface area contributed by atoms with Crippen molar-refractivity contribution in [2.75, 3.05) is 61.4 Å². The highest BCUT2D eigenvalue weighted by molar-refractivity contribution is 5.95. The number of hydrogen-bond acceptors (Lipinski definition) is 11. The molecule has 0 saturated heterocycles. The minimum atomic E-state index is -1.25. The van der Waals surface area contributed by atoms with Gasteiger partial charge in [-0.05, 0) is 94.1 Å². The smallest absolute Gasteiger partial charge is 0.245 e. The number of aliphatic hydroxyl groups is 1. The zero-order valence-electron chi connectivity index (χ0n) is 29.6. The fourth-order valence-electron chi connectivity index (χ4n) is 5.95. The van der Waals surface area contributed by atoms with Crippen molar-refractivity contribution >= 4 is 23.6 Å². The van der Waals surface area contributed by atoms with Crippen molar-refractivity contribution in [2.24, 2.45) is 0 Å². The summed E-state index contributed by atoms with van der Waals surface area (Å²) in [5, 5.41) is 52.7. The van der Waals surface area contributed by atoms with E-state index >= 15 is 0 Å². The Labute approximate surface area is 294 Å². The molecule has 4 amide bonds. The Morgan fingerprint density at radius 2 is 1.52 bits per heavy atom. The summed E-state index contributed by atoms with van der Waals surface area (Å²) in [5.74, 6) is -2.31. The molecular weight excluding hydrogens is 644 g/mol. The van der Waals surface area contributed by atoms with Crippen LogP contribution in [0.5, 0.6) is 11.5 Å². The molecule has 1 aliphatic heterocycles. The number of phenols is 2. The molecule has 4 bridgehead atoms. The Kier molecular flexibility index (Phi) is 15.9. The molecule has 5 atom stereocenters. The lowest BCUT2D eigenvalue weighted by Gasteiger charge is -2.33. The van der Waals surface area contributed by atoms with E-state index in [2.05, 4.69) is 37.2 Å². The van der Waals surface area contributed by atoms with Gasteiger partial charge in [0.05, 0.1) is 12.1 Å². The molecule has 1 heterocycles. The second-order valence-corrected chi connectivity index (χ2v) is 12.6. The highest BCUT2D eigenvalue weighted by atomic mass is 16.3. The summed E-state index contributed by atoms with van der Waals surface area (Å²) < 4.78 is 0. The van der Waals surface area contributed by atoms with Gasteiger partial charge in [0.15, 0.2) is 0 Å². The average molecular weight is 699 g/mol. The van der Waals surface area contributed by atoms with Gasteiger partial charge in [-0.2, -0.15) is 0 Å². The predicted molar refractivity (Wildman–Crippen MR) is 191 cm³/mol. The SMILES string of the molecule is CNCCC[C@H](NC(=O)[C@@H]1Cc2cc(ccc2O)-c2ccc(O)c(c2)C[C@H](NC)C(=O)N[C@@H](C[C@@H](O)CNC)C(=O)N1C)C(=O)NCCNC. The summed E-state index contributed by atoms with van der Waals surface area (Å²) in [5.41, 5.74) is 2.21. The summed E-state index contributed by atoms with van der Waals surface area (Å²) >= 11 is 0. The van der Waals surface area contributed by atoms with Crippen LogP contribution in [0.25, 0.3) is 11.1 Å². The Balaban J connectivity index is 2.13. The van der Waals surface area contributed by atoms with Gasteiger partial charge in [0.25, 0.3) is 0 Å². The number of phenolic OH excluding ortho intramolecular Hbond substituents is 2. The molecule has 15 heteroatoms. The number of nitrogens with one attached hydrogen (secondary N) is 7. The summed E-state index contributed by atoms with van der Waals surface area (Å²) in [6.45, 7) is 1.63. The molecule has 0 spiro atoms. The van der Waals surface area contributed by atoms with Crippen LogP contribution >= 0.6 is 0 Å². The van der Waals surface area contributed by atoms with Gasteiger partial charge < -0.3 is 57.4 Å². The highest BCUT2D eigenvalue weighted by Crippen LogP contribution is 2.31. The Hall–Kier alpha value is -4.28. The van der Waals surface area contributed by atoms with Gasteiger partial charge in [-0.15, -0.1) is 0 Å². The molecule has 50 heavy (non-hydrogen) atoms. The third-order valence-electron chi connectivity index (χ3n) is 8.90. The highest BCUT2D eigenvalue weighted by Gasteiger charge is 2.36. The van der Waals surface area contributed by atoms with Crippen LogP contribution in [0, 0.1) is 0 Å². The van der Waals surface area contributed by atoms with Gasteiger partial charge in [-0.1, -0.05) is 12.1 Å². The van der Waals surface area contributed by atoms with Gasteiger partial charge in [0.1, 0.15) is 29.6 Å². The van der Waals surface area contributed by atoms with E-state index in [1.54, 1.807) is 52.5 Å². The molecule has 0 saturated carbocycles. The first-order valence-corrected chi connectivity index (χ1v) is 17.0. The third-order valence-corrected chi connectivity index (χ3v) is 8.90. The van der Waals surface area contributed by atoms with E-state index in [0.717, 1.165) is 0 Å². The zero-order valence-corrected chi connectivity index (χ0v) is 29.6. The lowest BCUT2D eigenvalue weighted by atomic mass is 9.95. The lowest BCUT2D eigenvalue weighted by molar-refractivity contribution is -0.143. The summed E-state index contributed by atoms with van der Waals surface area (Å²) in [4.78, 5) is 56.6. The molecule has 276 valence electrons. The van der Waals surface area contributed by atoms with E-state index in [1.807, 2.05) is 0 Å². The van der Waals surface area contributed by atoms with Gasteiger partial charge in [-0.25, -0.2) is 0 Å². The van der Waals surface area contributed by atoms with Crippen LogP contribution < -0.4 is 37.2 Å². The van der Waals surface area contributed by atoms with E-state index in [9.17, 15) is 34.5 Å². The number of aliphatic hydroxyl groups excluding tert-OH is 1. The topological polar surface area (TPSA) is 216 Å². The second kappa shape index (κ2) is 19.8. The zero-order chi connectivity index (χ0) is 36.8. The largest absolute Gasteiger partial charge is 0.508 e. The molecule has 1 aliphatic rings.